The van der Waals surface area contributed by atoms with Gasteiger partial charge in [-0.1, -0.05) is 13.5 Å². The lowest BCUT2D eigenvalue weighted by Gasteiger charge is -2.10. The fourth-order valence-electron chi connectivity index (χ4n) is 1.16. The van der Waals surface area contributed by atoms with Gasteiger partial charge in [0.2, 0.25) is 0 Å². The Kier molecular flexibility index (Phi) is 8.26. The van der Waals surface area contributed by atoms with Gasteiger partial charge in [-0.05, 0) is 12.8 Å². The van der Waals surface area contributed by atoms with E-state index in [0.717, 1.165) is 6.08 Å². The smallest absolute Gasteiger partial charge is 0.330 e. The largest absolute Gasteiger partial charge is 0.481 e. The maximum Gasteiger partial charge on any atom is 0.330 e. The Balaban J connectivity index is 3.64. The van der Waals surface area contributed by atoms with E-state index in [0.29, 0.717) is 12.8 Å². The van der Waals surface area contributed by atoms with Gasteiger partial charge in [0.15, 0.2) is 0 Å². The van der Waals surface area contributed by atoms with Gasteiger partial charge in [0.1, 0.15) is 13.2 Å². The highest BCUT2D eigenvalue weighted by Gasteiger charge is 2.14. The Bertz CT molecular complexity index is 310. The molecule has 6 heteroatoms. The minimum absolute atomic E-state index is 0.0122. The van der Waals surface area contributed by atoms with Crippen LogP contribution in [0.3, 0.4) is 0 Å². The van der Waals surface area contributed by atoms with Crippen LogP contribution >= 0.6 is 0 Å². The molecule has 102 valence electrons. The third-order valence-electron chi connectivity index (χ3n) is 2.17. The molecule has 0 heterocycles. The van der Waals surface area contributed by atoms with Crippen LogP contribution in [0, 0.1) is 5.92 Å². The molecule has 0 aromatic rings. The molecule has 0 saturated heterocycles. The van der Waals surface area contributed by atoms with Crippen molar-refractivity contribution in [3.63, 3.8) is 0 Å². The van der Waals surface area contributed by atoms with Gasteiger partial charge in [-0.2, -0.15) is 0 Å². The molecule has 1 unspecified atom stereocenters. The number of aliphatic carboxylic acids is 1. The number of rotatable bonds is 9. The van der Waals surface area contributed by atoms with Gasteiger partial charge >= 0.3 is 17.9 Å². The fourth-order valence-corrected chi connectivity index (χ4v) is 1.16. The van der Waals surface area contributed by atoms with Crippen LogP contribution in [0.15, 0.2) is 12.7 Å². The third-order valence-corrected chi connectivity index (χ3v) is 2.17. The van der Waals surface area contributed by atoms with E-state index >= 15 is 0 Å². The maximum absolute atomic E-state index is 11.4. The van der Waals surface area contributed by atoms with Crippen LogP contribution < -0.4 is 0 Å². The summed E-state index contributed by atoms with van der Waals surface area (Å²) >= 11 is 0. The number of carboxylic acid groups (broad SMARTS) is 1. The molecule has 0 aromatic carbocycles. The summed E-state index contributed by atoms with van der Waals surface area (Å²) in [5, 5.41) is 8.44. The lowest BCUT2D eigenvalue weighted by atomic mass is 10.0. The molecule has 0 bridgehead atoms. The first-order chi connectivity index (χ1) is 8.47. The van der Waals surface area contributed by atoms with Crippen molar-refractivity contribution >= 4 is 17.9 Å². The van der Waals surface area contributed by atoms with E-state index < -0.39 is 17.9 Å². The zero-order valence-electron chi connectivity index (χ0n) is 10.4. The van der Waals surface area contributed by atoms with E-state index in [1.54, 1.807) is 6.92 Å². The van der Waals surface area contributed by atoms with Gasteiger partial charge in [0, 0.05) is 12.5 Å². The van der Waals surface area contributed by atoms with Crippen molar-refractivity contribution in [1.29, 1.82) is 0 Å². The van der Waals surface area contributed by atoms with Crippen LogP contribution in [0.1, 0.15) is 26.2 Å². The van der Waals surface area contributed by atoms with Crippen molar-refractivity contribution in [2.75, 3.05) is 13.2 Å². The lowest BCUT2D eigenvalue weighted by molar-refractivity contribution is -0.153. The zero-order chi connectivity index (χ0) is 14.0. The maximum atomic E-state index is 11.4. The Morgan fingerprint density at radius 1 is 1.28 bits per heavy atom. The minimum atomic E-state index is -0.882. The summed E-state index contributed by atoms with van der Waals surface area (Å²) in [6.07, 6.45) is 1.94. The summed E-state index contributed by atoms with van der Waals surface area (Å²) in [6.45, 7) is 4.86. The van der Waals surface area contributed by atoms with E-state index in [4.69, 9.17) is 9.84 Å². The molecule has 6 nitrogen and oxygen atoms in total. The van der Waals surface area contributed by atoms with Gasteiger partial charge in [0.25, 0.3) is 0 Å². The van der Waals surface area contributed by atoms with E-state index in [9.17, 15) is 14.4 Å². The lowest BCUT2D eigenvalue weighted by Crippen LogP contribution is -2.18. The molecular formula is C12H18O6. The van der Waals surface area contributed by atoms with E-state index in [1.165, 1.54) is 0 Å². The molecule has 0 amide bonds. The van der Waals surface area contributed by atoms with Gasteiger partial charge < -0.3 is 14.6 Å². The highest BCUT2D eigenvalue weighted by molar-refractivity contribution is 5.81. The molecule has 0 aliphatic carbocycles. The summed E-state index contributed by atoms with van der Waals surface area (Å²) < 4.78 is 9.48. The van der Waals surface area contributed by atoms with Crippen molar-refractivity contribution in [3.8, 4) is 0 Å². The highest BCUT2D eigenvalue weighted by atomic mass is 16.6. The van der Waals surface area contributed by atoms with Crippen molar-refractivity contribution < 1.29 is 29.0 Å². The van der Waals surface area contributed by atoms with Gasteiger partial charge in [-0.15, -0.1) is 0 Å². The topological polar surface area (TPSA) is 89.9 Å². The average molecular weight is 258 g/mol. The standard InChI is InChI=1S/C12H18O6/c1-3-11(15)17-7-8-18-12(16)9(2)5-4-6-10(13)14/h3,9H,1,4-8H2,2H3,(H,13,14). The van der Waals surface area contributed by atoms with Gasteiger partial charge in [0.05, 0.1) is 5.92 Å². The number of ether oxygens (including phenoxy) is 2. The fraction of sp³-hybridized carbons (Fsp3) is 0.583. The molecule has 0 spiro atoms. The van der Waals surface area contributed by atoms with Gasteiger partial charge in [-0.3, -0.25) is 9.59 Å². The third kappa shape index (κ3) is 8.32. The first-order valence-electron chi connectivity index (χ1n) is 5.65. The number of esters is 2. The Morgan fingerprint density at radius 3 is 2.44 bits per heavy atom. The monoisotopic (exact) mass is 258 g/mol. The van der Waals surface area contributed by atoms with E-state index in [2.05, 4.69) is 11.3 Å². The predicted octanol–water partition coefficient (Wildman–Crippen LogP) is 1.15. The number of hydrogen-bond acceptors (Lipinski definition) is 5. The minimum Gasteiger partial charge on any atom is -0.481 e. The predicted molar refractivity (Wildman–Crippen MR) is 62.8 cm³/mol. The molecule has 1 atom stereocenters. The molecule has 0 aliphatic rings. The molecule has 1 N–H and O–H groups in total. The van der Waals surface area contributed by atoms with E-state index in [1.807, 2.05) is 0 Å². The molecule has 0 radical (unpaired) electrons. The van der Waals surface area contributed by atoms with Crippen LogP contribution in [0.4, 0.5) is 0 Å². The molecule has 0 saturated carbocycles. The summed E-state index contributed by atoms with van der Waals surface area (Å²) in [7, 11) is 0. The molecular weight excluding hydrogens is 240 g/mol. The summed E-state index contributed by atoms with van der Waals surface area (Å²) in [5.74, 6) is -2.23. The second-order valence-corrected chi connectivity index (χ2v) is 3.73. The number of hydrogen-bond donors (Lipinski definition) is 1. The van der Waals surface area contributed by atoms with Gasteiger partial charge in [-0.25, -0.2) is 4.79 Å². The number of carbonyl (C=O) groups is 3. The quantitative estimate of drug-likeness (QED) is 0.379. The SMILES string of the molecule is C=CC(=O)OCCOC(=O)C(C)CCCC(=O)O. The first kappa shape index (κ1) is 16.1. The summed E-state index contributed by atoms with van der Waals surface area (Å²) in [4.78, 5) is 32.3. The first-order valence-corrected chi connectivity index (χ1v) is 5.65. The number of carboxylic acids is 1. The normalized spacial score (nSPS) is 11.4. The molecule has 18 heavy (non-hydrogen) atoms. The number of carbonyl (C=O) groups excluding carboxylic acids is 2. The second kappa shape index (κ2) is 9.21. The van der Waals surface area contributed by atoms with Crippen LogP contribution in [0.5, 0.6) is 0 Å². The summed E-state index contributed by atoms with van der Waals surface area (Å²) in [5.41, 5.74) is 0. The molecule has 0 aliphatic heterocycles. The van der Waals surface area contributed by atoms with Crippen molar-refractivity contribution in [2.45, 2.75) is 26.2 Å². The molecule has 0 fully saturated rings. The Hall–Kier alpha value is -1.85. The molecule has 0 rings (SSSR count). The van der Waals surface area contributed by atoms with Crippen molar-refractivity contribution in [3.05, 3.63) is 12.7 Å². The zero-order valence-corrected chi connectivity index (χ0v) is 10.4. The molecule has 0 aromatic heterocycles. The van der Waals surface area contributed by atoms with Crippen LogP contribution in [-0.2, 0) is 23.9 Å². The summed E-state index contributed by atoms with van der Waals surface area (Å²) in [6, 6.07) is 0. The van der Waals surface area contributed by atoms with Crippen LogP contribution in [0.2, 0.25) is 0 Å². The van der Waals surface area contributed by atoms with Crippen molar-refractivity contribution in [2.24, 2.45) is 5.92 Å². The highest BCUT2D eigenvalue weighted by Crippen LogP contribution is 2.09. The van der Waals surface area contributed by atoms with Crippen molar-refractivity contribution in [1.82, 2.24) is 0 Å². The second-order valence-electron chi connectivity index (χ2n) is 3.73. The average Bonchev–Trinajstić information content (AvgIpc) is 2.33. The Morgan fingerprint density at radius 2 is 1.89 bits per heavy atom. The van der Waals surface area contributed by atoms with Crippen LogP contribution in [-0.4, -0.2) is 36.2 Å². The van der Waals surface area contributed by atoms with Crippen LogP contribution in [0.25, 0.3) is 0 Å². The van der Waals surface area contributed by atoms with E-state index in [-0.39, 0.29) is 25.6 Å². The Labute approximate surface area is 106 Å².